The van der Waals surface area contributed by atoms with Crippen LogP contribution in [0, 0.1) is 5.82 Å². The molecule has 1 aromatic carbocycles. The minimum absolute atomic E-state index is 0.159. The lowest BCUT2D eigenvalue weighted by Gasteiger charge is -2.40. The van der Waals surface area contributed by atoms with E-state index in [9.17, 15) is 14.0 Å². The molecule has 2 aromatic rings. The third kappa shape index (κ3) is 5.18. The van der Waals surface area contributed by atoms with Crippen LogP contribution < -0.4 is 5.32 Å². The number of rotatable bonds is 5. The highest BCUT2D eigenvalue weighted by molar-refractivity contribution is 7.03. The van der Waals surface area contributed by atoms with E-state index in [4.69, 9.17) is 0 Å². The summed E-state index contributed by atoms with van der Waals surface area (Å²) in [4.78, 5) is 28.3. The van der Waals surface area contributed by atoms with Gasteiger partial charge in [0.15, 0.2) is 5.69 Å². The number of hydrogen-bond acceptors (Lipinski definition) is 5. The van der Waals surface area contributed by atoms with E-state index in [1.54, 1.807) is 23.6 Å². The lowest BCUT2D eigenvalue weighted by molar-refractivity contribution is -0.128. The highest BCUT2D eigenvalue weighted by atomic mass is 32.1. The molecule has 1 aliphatic carbocycles. The fourth-order valence-electron chi connectivity index (χ4n) is 3.80. The number of benzene rings is 1. The van der Waals surface area contributed by atoms with Crippen molar-refractivity contribution in [1.82, 2.24) is 19.8 Å². The summed E-state index contributed by atoms with van der Waals surface area (Å²) >= 11 is 1.08. The molecule has 0 saturated heterocycles. The minimum atomic E-state index is -1.08. The normalized spacial score (nSPS) is 16.3. The Bertz CT molecular complexity index is 845. The van der Waals surface area contributed by atoms with Gasteiger partial charge in [-0.3, -0.25) is 9.59 Å². The van der Waals surface area contributed by atoms with E-state index in [1.165, 1.54) is 11.0 Å². The first kappa shape index (κ1) is 21.4. The molecule has 1 heterocycles. The molecule has 6 nitrogen and oxygen atoms in total. The quantitative estimate of drug-likeness (QED) is 0.793. The van der Waals surface area contributed by atoms with Gasteiger partial charge in [-0.05, 0) is 51.2 Å². The summed E-state index contributed by atoms with van der Waals surface area (Å²) in [7, 11) is 0. The van der Waals surface area contributed by atoms with E-state index in [-0.39, 0.29) is 23.2 Å². The molecule has 2 amide bonds. The van der Waals surface area contributed by atoms with Crippen LogP contribution in [0.4, 0.5) is 4.39 Å². The molecule has 0 bridgehead atoms. The van der Waals surface area contributed by atoms with Crippen molar-refractivity contribution >= 4 is 23.3 Å². The van der Waals surface area contributed by atoms with Crippen molar-refractivity contribution in [3.05, 3.63) is 46.7 Å². The number of halogens is 1. The van der Waals surface area contributed by atoms with E-state index in [0.717, 1.165) is 43.6 Å². The van der Waals surface area contributed by atoms with E-state index in [2.05, 4.69) is 14.9 Å². The Morgan fingerprint density at radius 1 is 1.21 bits per heavy atom. The van der Waals surface area contributed by atoms with Gasteiger partial charge >= 0.3 is 0 Å². The third-order valence-corrected chi connectivity index (χ3v) is 5.51. The van der Waals surface area contributed by atoms with Crippen molar-refractivity contribution in [2.75, 3.05) is 0 Å². The van der Waals surface area contributed by atoms with Gasteiger partial charge in [-0.15, -0.1) is 5.10 Å². The van der Waals surface area contributed by atoms with Gasteiger partial charge in [0.05, 0.1) is 0 Å². The Morgan fingerprint density at radius 3 is 2.48 bits per heavy atom. The zero-order valence-corrected chi connectivity index (χ0v) is 17.8. The third-order valence-electron chi connectivity index (χ3n) is 5.01. The average Bonchev–Trinajstić information content (AvgIpc) is 3.20. The first-order chi connectivity index (χ1) is 13.8. The Morgan fingerprint density at radius 2 is 1.90 bits per heavy atom. The Balaban J connectivity index is 2.09. The number of aromatic nitrogens is 2. The largest absolute Gasteiger partial charge is 0.349 e. The van der Waals surface area contributed by atoms with E-state index in [0.29, 0.717) is 0 Å². The molecule has 1 saturated carbocycles. The Hall–Kier alpha value is -2.35. The average molecular weight is 419 g/mol. The maximum absolute atomic E-state index is 14.8. The molecule has 8 heteroatoms. The van der Waals surface area contributed by atoms with Crippen molar-refractivity contribution in [2.45, 2.75) is 70.5 Å². The topological polar surface area (TPSA) is 75.2 Å². The second kappa shape index (κ2) is 8.98. The summed E-state index contributed by atoms with van der Waals surface area (Å²) in [5.41, 5.74) is -0.147. The number of hydrogen-bond donors (Lipinski definition) is 1. The molecule has 0 radical (unpaired) electrons. The van der Waals surface area contributed by atoms with Gasteiger partial charge in [-0.2, -0.15) is 0 Å². The van der Waals surface area contributed by atoms with Crippen LogP contribution in [0.25, 0.3) is 0 Å². The molecule has 1 aromatic heterocycles. The number of nitrogens with zero attached hydrogens (tertiary/aromatic N) is 3. The van der Waals surface area contributed by atoms with Gasteiger partial charge in [0, 0.05) is 22.5 Å². The zero-order valence-electron chi connectivity index (χ0n) is 17.0. The molecule has 1 N–H and O–H groups in total. The molecule has 1 atom stereocenters. The van der Waals surface area contributed by atoms with Gasteiger partial charge in [0.2, 0.25) is 5.91 Å². The lowest BCUT2D eigenvalue weighted by Crippen LogP contribution is -2.53. The number of carbonyl (C=O) groups is 2. The molecule has 0 aliphatic heterocycles. The van der Waals surface area contributed by atoms with Crippen molar-refractivity contribution in [3.8, 4) is 0 Å². The highest BCUT2D eigenvalue weighted by Crippen LogP contribution is 2.33. The summed E-state index contributed by atoms with van der Waals surface area (Å²) in [6, 6.07) is 4.92. The molecule has 1 unspecified atom stereocenters. The summed E-state index contributed by atoms with van der Waals surface area (Å²) in [6.45, 7) is 5.58. The smallest absolute Gasteiger partial charge is 0.276 e. The number of nitrogens with one attached hydrogen (secondary N) is 1. The van der Waals surface area contributed by atoms with Crippen molar-refractivity contribution < 1.29 is 14.0 Å². The van der Waals surface area contributed by atoms with Crippen LogP contribution >= 0.6 is 11.5 Å². The summed E-state index contributed by atoms with van der Waals surface area (Å²) in [6.07, 6.45) is 4.58. The molecule has 29 heavy (non-hydrogen) atoms. The predicted octanol–water partition coefficient (Wildman–Crippen LogP) is 4.11. The van der Waals surface area contributed by atoms with E-state index in [1.807, 2.05) is 20.8 Å². The molecule has 1 aliphatic rings. The van der Waals surface area contributed by atoms with Gasteiger partial charge in [0.25, 0.3) is 5.91 Å². The molecular weight excluding hydrogens is 391 g/mol. The lowest BCUT2D eigenvalue weighted by atomic mass is 9.90. The highest BCUT2D eigenvalue weighted by Gasteiger charge is 2.40. The standard InChI is InChI=1S/C21H27FN4O2S/c1-21(2,3)23-19(27)18(15-11-7-8-12-16(15)22)26(14-9-5-4-6-10-14)20(28)17-13-29-25-24-17/h7-8,11-14,18H,4-6,9-10H2,1-3H3,(H,23,27). The molecule has 1 fully saturated rings. The van der Waals surface area contributed by atoms with Gasteiger partial charge in [0.1, 0.15) is 11.9 Å². The first-order valence-corrected chi connectivity index (χ1v) is 10.8. The van der Waals surface area contributed by atoms with E-state index < -0.39 is 23.3 Å². The van der Waals surface area contributed by atoms with Gasteiger partial charge in [-0.25, -0.2) is 4.39 Å². The molecular formula is C21H27FN4O2S. The van der Waals surface area contributed by atoms with Crippen LogP contribution in [-0.2, 0) is 4.79 Å². The van der Waals surface area contributed by atoms with Crippen LogP contribution in [0.1, 0.15) is 75.0 Å². The Labute approximate surface area is 174 Å². The zero-order chi connectivity index (χ0) is 21.0. The second-order valence-corrected chi connectivity index (χ2v) is 9.07. The maximum Gasteiger partial charge on any atom is 0.276 e. The Kier molecular flexibility index (Phi) is 6.62. The van der Waals surface area contributed by atoms with Crippen LogP contribution in [-0.4, -0.2) is 37.9 Å². The van der Waals surface area contributed by atoms with Crippen molar-refractivity contribution in [2.24, 2.45) is 0 Å². The molecule has 3 rings (SSSR count). The SMILES string of the molecule is CC(C)(C)NC(=O)C(c1ccccc1F)N(C(=O)c1csnn1)C1CCCCC1. The summed E-state index contributed by atoms with van der Waals surface area (Å²) < 4.78 is 18.6. The first-order valence-electron chi connectivity index (χ1n) is 9.94. The summed E-state index contributed by atoms with van der Waals surface area (Å²) in [5.74, 6) is -1.29. The monoisotopic (exact) mass is 418 g/mol. The van der Waals surface area contributed by atoms with Gasteiger partial charge < -0.3 is 10.2 Å². The molecule has 156 valence electrons. The van der Waals surface area contributed by atoms with Crippen molar-refractivity contribution in [3.63, 3.8) is 0 Å². The van der Waals surface area contributed by atoms with E-state index >= 15 is 0 Å². The van der Waals surface area contributed by atoms with Crippen molar-refractivity contribution in [1.29, 1.82) is 0 Å². The fourth-order valence-corrected chi connectivity index (χ4v) is 4.23. The maximum atomic E-state index is 14.8. The second-order valence-electron chi connectivity index (χ2n) is 8.46. The fraction of sp³-hybridized carbons (Fsp3) is 0.524. The minimum Gasteiger partial charge on any atom is -0.349 e. The van der Waals surface area contributed by atoms with Crippen LogP contribution in [0.5, 0.6) is 0 Å². The molecule has 0 spiro atoms. The number of carbonyl (C=O) groups excluding carboxylic acids is 2. The van der Waals surface area contributed by atoms with Crippen LogP contribution in [0.15, 0.2) is 29.6 Å². The van der Waals surface area contributed by atoms with Crippen LogP contribution in [0.3, 0.4) is 0 Å². The number of amides is 2. The van der Waals surface area contributed by atoms with Crippen LogP contribution in [0.2, 0.25) is 0 Å². The van der Waals surface area contributed by atoms with Gasteiger partial charge in [-0.1, -0.05) is 41.9 Å². The predicted molar refractivity (Wildman–Crippen MR) is 110 cm³/mol. The summed E-state index contributed by atoms with van der Waals surface area (Å²) in [5, 5.41) is 8.42.